The Morgan fingerprint density at radius 2 is 1.48 bits per heavy atom. The highest BCUT2D eigenvalue weighted by molar-refractivity contribution is 5.72. The minimum absolute atomic E-state index is 0.183. The van der Waals surface area contributed by atoms with Crippen LogP contribution in [0.25, 0.3) is 5.57 Å². The van der Waals surface area contributed by atoms with E-state index in [0.29, 0.717) is 0 Å². The Kier molecular flexibility index (Phi) is 4.77. The molecule has 0 heteroatoms. The molecule has 0 aliphatic heterocycles. The zero-order valence-electron chi connectivity index (χ0n) is 17.3. The molecule has 3 unspecified atom stereocenters. The summed E-state index contributed by atoms with van der Waals surface area (Å²) in [6.07, 6.45) is 11.2. The number of rotatable bonds is 2. The summed E-state index contributed by atoms with van der Waals surface area (Å²) in [6, 6.07) is 7.37. The molecule has 0 bridgehead atoms. The van der Waals surface area contributed by atoms with Gasteiger partial charge < -0.3 is 0 Å². The van der Waals surface area contributed by atoms with Crippen molar-refractivity contribution in [2.45, 2.75) is 78.6 Å². The molecule has 0 heterocycles. The predicted octanol–water partition coefficient (Wildman–Crippen LogP) is 7.29. The van der Waals surface area contributed by atoms with Gasteiger partial charge in [0.25, 0.3) is 0 Å². The molecule has 2 aliphatic carbocycles. The standard InChI is InChI=1S/C25H36/c1-8-17-12-18-10-9-11-22(23(18)13-17)19-14-20(24(2,3)4)16-21(15-19)25(5,6)7/h9-11,14-18,23H,8,12-13H2,1-7H3. The zero-order chi connectivity index (χ0) is 18.4. The fourth-order valence-electron chi connectivity index (χ4n) is 4.48. The molecule has 1 aromatic rings. The van der Waals surface area contributed by atoms with Crippen molar-refractivity contribution in [3.8, 4) is 0 Å². The molecular formula is C25H36. The number of hydrogen-bond acceptors (Lipinski definition) is 0. The van der Waals surface area contributed by atoms with E-state index in [4.69, 9.17) is 0 Å². The number of hydrogen-bond donors (Lipinski definition) is 0. The van der Waals surface area contributed by atoms with Gasteiger partial charge in [0.1, 0.15) is 0 Å². The Labute approximate surface area is 155 Å². The molecule has 136 valence electrons. The van der Waals surface area contributed by atoms with Crippen molar-refractivity contribution >= 4 is 5.57 Å². The van der Waals surface area contributed by atoms with Crippen LogP contribution in [0, 0.1) is 17.8 Å². The van der Waals surface area contributed by atoms with Gasteiger partial charge in [-0.05, 0) is 63.7 Å². The average molecular weight is 337 g/mol. The van der Waals surface area contributed by atoms with Gasteiger partial charge in [-0.1, -0.05) is 91.3 Å². The number of fused-ring (bicyclic) bond motifs is 1. The van der Waals surface area contributed by atoms with Gasteiger partial charge in [0.05, 0.1) is 0 Å². The van der Waals surface area contributed by atoms with Gasteiger partial charge in [-0.25, -0.2) is 0 Å². The van der Waals surface area contributed by atoms with Crippen molar-refractivity contribution < 1.29 is 0 Å². The molecule has 0 aromatic heterocycles. The molecule has 0 saturated heterocycles. The summed E-state index contributed by atoms with van der Waals surface area (Å²) in [5.74, 6) is 2.37. The summed E-state index contributed by atoms with van der Waals surface area (Å²) in [7, 11) is 0. The van der Waals surface area contributed by atoms with Crippen LogP contribution in [0.1, 0.15) is 84.4 Å². The molecule has 0 radical (unpaired) electrons. The van der Waals surface area contributed by atoms with E-state index in [1.54, 1.807) is 5.57 Å². The first-order valence-corrected chi connectivity index (χ1v) is 10.1. The summed E-state index contributed by atoms with van der Waals surface area (Å²) >= 11 is 0. The molecule has 1 fully saturated rings. The van der Waals surface area contributed by atoms with E-state index in [9.17, 15) is 0 Å². The molecule has 0 nitrogen and oxygen atoms in total. The van der Waals surface area contributed by atoms with Crippen LogP contribution in [0.2, 0.25) is 0 Å². The molecule has 25 heavy (non-hydrogen) atoms. The molecule has 0 N–H and O–H groups in total. The predicted molar refractivity (Wildman–Crippen MR) is 111 cm³/mol. The maximum absolute atomic E-state index is 2.47. The maximum atomic E-state index is 2.47. The van der Waals surface area contributed by atoms with Gasteiger partial charge in [-0.15, -0.1) is 0 Å². The molecule has 2 aliphatic rings. The topological polar surface area (TPSA) is 0 Å². The van der Waals surface area contributed by atoms with Crippen molar-refractivity contribution in [2.75, 3.05) is 0 Å². The van der Waals surface area contributed by atoms with Gasteiger partial charge in [0.2, 0.25) is 0 Å². The fourth-order valence-corrected chi connectivity index (χ4v) is 4.48. The van der Waals surface area contributed by atoms with Gasteiger partial charge in [0.15, 0.2) is 0 Å². The first-order valence-electron chi connectivity index (χ1n) is 10.1. The SMILES string of the molecule is CCC1CC2C=CC=C(c3cc(C(C)(C)C)cc(C(C)(C)C)c3)C2C1. The lowest BCUT2D eigenvalue weighted by Crippen LogP contribution is -2.18. The van der Waals surface area contributed by atoms with E-state index < -0.39 is 0 Å². The number of benzene rings is 1. The monoisotopic (exact) mass is 336 g/mol. The van der Waals surface area contributed by atoms with Crippen molar-refractivity contribution in [1.29, 1.82) is 0 Å². The fraction of sp³-hybridized carbons (Fsp3) is 0.600. The van der Waals surface area contributed by atoms with Crippen molar-refractivity contribution in [3.05, 3.63) is 53.1 Å². The second-order valence-corrected chi connectivity index (χ2v) is 10.3. The van der Waals surface area contributed by atoms with Crippen LogP contribution in [-0.2, 0) is 10.8 Å². The van der Waals surface area contributed by atoms with Crippen LogP contribution >= 0.6 is 0 Å². The lowest BCUT2D eigenvalue weighted by molar-refractivity contribution is 0.514. The van der Waals surface area contributed by atoms with E-state index in [-0.39, 0.29) is 10.8 Å². The quantitative estimate of drug-likeness (QED) is 0.532. The average Bonchev–Trinajstić information content (AvgIpc) is 2.96. The van der Waals surface area contributed by atoms with Crippen LogP contribution in [0.3, 0.4) is 0 Å². The van der Waals surface area contributed by atoms with E-state index in [0.717, 1.165) is 17.8 Å². The van der Waals surface area contributed by atoms with Crippen LogP contribution in [-0.4, -0.2) is 0 Å². The Balaban J connectivity index is 2.07. The number of allylic oxidation sites excluding steroid dienone is 4. The normalized spacial score (nSPS) is 26.5. The molecule has 0 spiro atoms. The van der Waals surface area contributed by atoms with Gasteiger partial charge in [-0.2, -0.15) is 0 Å². The van der Waals surface area contributed by atoms with E-state index in [1.165, 1.54) is 36.0 Å². The van der Waals surface area contributed by atoms with E-state index >= 15 is 0 Å². The smallest absolute Gasteiger partial charge is 0.00902 e. The lowest BCUT2D eigenvalue weighted by Gasteiger charge is -2.29. The summed E-state index contributed by atoms with van der Waals surface area (Å²) in [5, 5.41) is 0. The van der Waals surface area contributed by atoms with Gasteiger partial charge in [0, 0.05) is 0 Å². The minimum Gasteiger partial charge on any atom is -0.0808 e. The van der Waals surface area contributed by atoms with Crippen LogP contribution in [0.5, 0.6) is 0 Å². The first-order chi connectivity index (χ1) is 11.6. The van der Waals surface area contributed by atoms with Gasteiger partial charge in [-0.3, -0.25) is 0 Å². The third-order valence-corrected chi connectivity index (χ3v) is 6.32. The summed E-state index contributed by atoms with van der Waals surface area (Å²) < 4.78 is 0. The molecule has 0 amide bonds. The summed E-state index contributed by atoms with van der Waals surface area (Å²) in [5.41, 5.74) is 6.34. The largest absolute Gasteiger partial charge is 0.0808 e. The summed E-state index contributed by atoms with van der Waals surface area (Å²) in [4.78, 5) is 0. The molecule has 1 saturated carbocycles. The molecular weight excluding hydrogens is 300 g/mol. The lowest BCUT2D eigenvalue weighted by atomic mass is 9.75. The third-order valence-electron chi connectivity index (χ3n) is 6.32. The highest BCUT2D eigenvalue weighted by Crippen LogP contribution is 2.48. The Morgan fingerprint density at radius 3 is 2.00 bits per heavy atom. The van der Waals surface area contributed by atoms with Crippen molar-refractivity contribution in [2.24, 2.45) is 17.8 Å². The second kappa shape index (κ2) is 6.45. The highest BCUT2D eigenvalue weighted by Gasteiger charge is 2.36. The van der Waals surface area contributed by atoms with Crippen molar-refractivity contribution in [1.82, 2.24) is 0 Å². The Morgan fingerprint density at radius 1 is 0.880 bits per heavy atom. The second-order valence-electron chi connectivity index (χ2n) is 10.3. The van der Waals surface area contributed by atoms with Crippen LogP contribution in [0.4, 0.5) is 0 Å². The van der Waals surface area contributed by atoms with E-state index in [1.807, 2.05) is 0 Å². The third kappa shape index (κ3) is 3.78. The Bertz CT molecular complexity index is 655. The maximum Gasteiger partial charge on any atom is -0.00902 e. The van der Waals surface area contributed by atoms with Crippen LogP contribution < -0.4 is 0 Å². The summed E-state index contributed by atoms with van der Waals surface area (Å²) in [6.45, 7) is 16.3. The van der Waals surface area contributed by atoms with Gasteiger partial charge >= 0.3 is 0 Å². The van der Waals surface area contributed by atoms with E-state index in [2.05, 4.69) is 84.9 Å². The van der Waals surface area contributed by atoms with Crippen molar-refractivity contribution in [3.63, 3.8) is 0 Å². The molecule has 3 rings (SSSR count). The Hall–Kier alpha value is -1.30. The highest BCUT2D eigenvalue weighted by atomic mass is 14.4. The molecule has 3 atom stereocenters. The molecule has 1 aromatic carbocycles. The zero-order valence-corrected chi connectivity index (χ0v) is 17.3. The minimum atomic E-state index is 0.183. The first kappa shape index (κ1) is 18.5. The van der Waals surface area contributed by atoms with Crippen LogP contribution in [0.15, 0.2) is 36.4 Å².